The average Bonchev–Trinajstić information content (AvgIpc) is 2.60. The number of amides is 2. The number of carbonyl (C=O) groups excluding carboxylic acids is 2. The molecule has 0 radical (unpaired) electrons. The second-order valence-electron chi connectivity index (χ2n) is 5.47. The largest absolute Gasteiger partial charge is 0.352 e. The number of anilines is 1. The van der Waals surface area contributed by atoms with E-state index in [1.54, 1.807) is 24.3 Å². The molecule has 0 aliphatic heterocycles. The van der Waals surface area contributed by atoms with Crippen LogP contribution >= 0.6 is 12.2 Å². The van der Waals surface area contributed by atoms with E-state index in [1.807, 2.05) is 37.3 Å². The minimum Gasteiger partial charge on any atom is -0.352 e. The molecule has 2 rings (SSSR count). The highest BCUT2D eigenvalue weighted by Crippen LogP contribution is 2.14. The Morgan fingerprint density at radius 3 is 2.40 bits per heavy atom. The van der Waals surface area contributed by atoms with Gasteiger partial charge < -0.3 is 16.0 Å². The van der Waals surface area contributed by atoms with Crippen LogP contribution in [0.25, 0.3) is 0 Å². The van der Waals surface area contributed by atoms with Crippen molar-refractivity contribution in [2.45, 2.75) is 19.8 Å². The Labute approximate surface area is 152 Å². The van der Waals surface area contributed by atoms with Crippen molar-refractivity contribution in [2.75, 3.05) is 11.9 Å². The first-order valence-electron chi connectivity index (χ1n) is 8.12. The lowest BCUT2D eigenvalue weighted by atomic mass is 10.1. The molecule has 0 saturated carbocycles. The number of hydrogen-bond acceptors (Lipinski definition) is 3. The number of thiocarbonyl (C=S) groups is 1. The Balaban J connectivity index is 1.96. The fourth-order valence-corrected chi connectivity index (χ4v) is 2.45. The van der Waals surface area contributed by atoms with E-state index in [4.69, 9.17) is 12.2 Å². The number of carbonyl (C=O) groups is 2. The van der Waals surface area contributed by atoms with Crippen molar-refractivity contribution in [1.82, 2.24) is 10.6 Å². The van der Waals surface area contributed by atoms with Crippen LogP contribution < -0.4 is 16.0 Å². The van der Waals surface area contributed by atoms with Crippen LogP contribution in [0.4, 0.5) is 5.69 Å². The van der Waals surface area contributed by atoms with Crippen LogP contribution in [0.3, 0.4) is 0 Å². The van der Waals surface area contributed by atoms with E-state index < -0.39 is 0 Å². The Morgan fingerprint density at radius 1 is 1.00 bits per heavy atom. The van der Waals surface area contributed by atoms with Gasteiger partial charge in [-0.15, -0.1) is 0 Å². The van der Waals surface area contributed by atoms with Gasteiger partial charge in [0.2, 0.25) is 5.91 Å². The summed E-state index contributed by atoms with van der Waals surface area (Å²) in [5.41, 5.74) is 1.94. The maximum atomic E-state index is 12.2. The molecule has 0 unspecified atom stereocenters. The Morgan fingerprint density at radius 2 is 1.68 bits per heavy atom. The number of benzene rings is 2. The van der Waals surface area contributed by atoms with Gasteiger partial charge >= 0.3 is 0 Å². The molecular formula is C19H21N3O2S. The predicted octanol–water partition coefficient (Wildman–Crippen LogP) is 2.88. The van der Waals surface area contributed by atoms with Crippen molar-refractivity contribution in [1.29, 1.82) is 0 Å². The van der Waals surface area contributed by atoms with Crippen molar-refractivity contribution in [3.8, 4) is 0 Å². The van der Waals surface area contributed by atoms with Crippen LogP contribution in [-0.4, -0.2) is 23.5 Å². The summed E-state index contributed by atoms with van der Waals surface area (Å²) >= 11 is 5.19. The monoisotopic (exact) mass is 355 g/mol. The van der Waals surface area contributed by atoms with Gasteiger partial charge in [0.25, 0.3) is 5.91 Å². The van der Waals surface area contributed by atoms with Crippen molar-refractivity contribution >= 4 is 34.8 Å². The number of nitrogens with one attached hydrogen (secondary N) is 3. The predicted molar refractivity (Wildman–Crippen MR) is 104 cm³/mol. The van der Waals surface area contributed by atoms with E-state index >= 15 is 0 Å². The number of hydrogen-bond donors (Lipinski definition) is 3. The molecule has 0 aliphatic rings. The summed E-state index contributed by atoms with van der Waals surface area (Å²) < 4.78 is 0. The molecule has 0 heterocycles. The van der Waals surface area contributed by atoms with Gasteiger partial charge in [0.05, 0.1) is 17.7 Å². The normalized spacial score (nSPS) is 9.96. The molecule has 0 aliphatic carbocycles. The quantitative estimate of drug-likeness (QED) is 0.697. The third-order valence-corrected chi connectivity index (χ3v) is 3.62. The van der Waals surface area contributed by atoms with Crippen molar-refractivity contribution in [2.24, 2.45) is 0 Å². The zero-order valence-corrected chi connectivity index (χ0v) is 14.9. The molecule has 0 saturated heterocycles. The van der Waals surface area contributed by atoms with E-state index in [-0.39, 0.29) is 23.3 Å². The third kappa shape index (κ3) is 6.00. The summed E-state index contributed by atoms with van der Waals surface area (Å²) in [5.74, 6) is -0.389. The Bertz CT molecular complexity index is 747. The minimum absolute atomic E-state index is 0.164. The topological polar surface area (TPSA) is 70.2 Å². The molecule has 5 nitrogen and oxygen atoms in total. The number of rotatable bonds is 6. The molecule has 2 amide bonds. The molecule has 0 aromatic heterocycles. The molecule has 25 heavy (non-hydrogen) atoms. The van der Waals surface area contributed by atoms with Gasteiger partial charge in [0.1, 0.15) is 0 Å². The zero-order chi connectivity index (χ0) is 18.1. The van der Waals surface area contributed by atoms with E-state index in [0.717, 1.165) is 12.0 Å². The summed E-state index contributed by atoms with van der Waals surface area (Å²) in [4.78, 5) is 24.2. The van der Waals surface area contributed by atoms with E-state index in [1.165, 1.54) is 0 Å². The molecule has 0 spiro atoms. The van der Waals surface area contributed by atoms with Crippen LogP contribution in [0.2, 0.25) is 0 Å². The fourth-order valence-electron chi connectivity index (χ4n) is 2.23. The fraction of sp³-hybridized carbons (Fsp3) is 0.211. The first-order chi connectivity index (χ1) is 12.1. The van der Waals surface area contributed by atoms with Crippen molar-refractivity contribution < 1.29 is 9.59 Å². The lowest BCUT2D eigenvalue weighted by Gasteiger charge is -2.13. The molecule has 0 atom stereocenters. The smallest absolute Gasteiger partial charge is 0.253 e. The van der Waals surface area contributed by atoms with Gasteiger partial charge in [-0.1, -0.05) is 49.4 Å². The average molecular weight is 355 g/mol. The lowest BCUT2D eigenvalue weighted by molar-refractivity contribution is -0.119. The van der Waals surface area contributed by atoms with Gasteiger partial charge in [-0.2, -0.15) is 0 Å². The second-order valence-corrected chi connectivity index (χ2v) is 5.87. The third-order valence-electron chi connectivity index (χ3n) is 3.42. The summed E-state index contributed by atoms with van der Waals surface area (Å²) in [6.07, 6.45) is 1.09. The summed E-state index contributed by atoms with van der Waals surface area (Å²) in [6, 6.07) is 16.4. The number of para-hydroxylation sites is 1. The van der Waals surface area contributed by atoms with Crippen LogP contribution in [0.1, 0.15) is 29.3 Å². The molecule has 2 aromatic rings. The minimum atomic E-state index is -0.211. The van der Waals surface area contributed by atoms with Crippen molar-refractivity contribution in [3.63, 3.8) is 0 Å². The van der Waals surface area contributed by atoms with Gasteiger partial charge in [-0.3, -0.25) is 9.59 Å². The highest BCUT2D eigenvalue weighted by molar-refractivity contribution is 7.80. The standard InChI is InChI=1S/C19H21N3O2S/c1-2-12-20-18(24)15-10-6-7-11-16(15)21-19(25)22-17(23)13-14-8-4-3-5-9-14/h3-11H,2,12-13H2,1H3,(H,20,24)(H2,21,22,23,25). The molecule has 6 heteroatoms. The van der Waals surface area contributed by atoms with Crippen LogP contribution in [0.5, 0.6) is 0 Å². The molecule has 0 fully saturated rings. The van der Waals surface area contributed by atoms with Gasteiger partial charge in [0.15, 0.2) is 5.11 Å². The van der Waals surface area contributed by atoms with Crippen LogP contribution in [0, 0.1) is 0 Å². The Kier molecular flexibility index (Phi) is 7.10. The van der Waals surface area contributed by atoms with E-state index in [2.05, 4.69) is 16.0 Å². The Hall–Kier alpha value is -2.73. The zero-order valence-electron chi connectivity index (χ0n) is 14.0. The maximum Gasteiger partial charge on any atom is 0.253 e. The first-order valence-corrected chi connectivity index (χ1v) is 8.53. The maximum absolute atomic E-state index is 12.2. The first kappa shape index (κ1) is 18.6. The van der Waals surface area contributed by atoms with Crippen LogP contribution in [0.15, 0.2) is 54.6 Å². The molecule has 130 valence electrons. The van der Waals surface area contributed by atoms with Crippen molar-refractivity contribution in [3.05, 3.63) is 65.7 Å². The summed E-state index contributed by atoms with van der Waals surface area (Å²) in [7, 11) is 0. The molecule has 2 aromatic carbocycles. The molecular weight excluding hydrogens is 334 g/mol. The summed E-state index contributed by atoms with van der Waals surface area (Å²) in [6.45, 7) is 2.59. The van der Waals surface area contributed by atoms with Crippen LogP contribution in [-0.2, 0) is 11.2 Å². The summed E-state index contributed by atoms with van der Waals surface area (Å²) in [5, 5.41) is 8.55. The second kappa shape index (κ2) is 9.54. The van der Waals surface area contributed by atoms with Gasteiger partial charge in [-0.25, -0.2) is 0 Å². The lowest BCUT2D eigenvalue weighted by Crippen LogP contribution is -2.36. The van der Waals surface area contributed by atoms with Gasteiger partial charge in [0, 0.05) is 6.54 Å². The highest BCUT2D eigenvalue weighted by Gasteiger charge is 2.12. The molecule has 0 bridgehead atoms. The van der Waals surface area contributed by atoms with E-state index in [0.29, 0.717) is 17.8 Å². The van der Waals surface area contributed by atoms with E-state index in [9.17, 15) is 9.59 Å². The highest BCUT2D eigenvalue weighted by atomic mass is 32.1. The van der Waals surface area contributed by atoms with Gasteiger partial charge in [-0.05, 0) is 36.3 Å². The molecule has 3 N–H and O–H groups in total. The SMILES string of the molecule is CCCNC(=O)c1ccccc1NC(=S)NC(=O)Cc1ccccc1.